The first-order valence-electron chi connectivity index (χ1n) is 8.72. The summed E-state index contributed by atoms with van der Waals surface area (Å²) in [7, 11) is 0. The molecule has 1 aliphatic heterocycles. The number of carbonyl (C=O) groups is 2. The lowest BCUT2D eigenvalue weighted by atomic mass is 9.90. The number of imide groups is 1. The molecule has 2 aliphatic rings. The highest BCUT2D eigenvalue weighted by Crippen LogP contribution is 2.34. The molecule has 1 saturated carbocycles. The summed E-state index contributed by atoms with van der Waals surface area (Å²) in [5.41, 5.74) is -1.49. The predicted octanol–water partition coefficient (Wildman–Crippen LogP) is 3.38. The highest BCUT2D eigenvalue weighted by molar-refractivity contribution is 6.07. The first-order valence-corrected chi connectivity index (χ1v) is 8.72. The number of aliphatic hydroxyl groups is 1. The minimum Gasteiger partial charge on any atom is -0.387 e. The third kappa shape index (κ3) is 3.56. The van der Waals surface area contributed by atoms with Crippen molar-refractivity contribution in [1.29, 1.82) is 0 Å². The smallest absolute Gasteiger partial charge is 0.387 e. The second-order valence-electron chi connectivity index (χ2n) is 6.98. The summed E-state index contributed by atoms with van der Waals surface area (Å²) in [6, 6.07) is 3.51. The van der Waals surface area contributed by atoms with Gasteiger partial charge in [-0.25, -0.2) is 4.79 Å². The summed E-state index contributed by atoms with van der Waals surface area (Å²) >= 11 is 0. The number of nitrogens with zero attached hydrogens (tertiary/aromatic N) is 1. The van der Waals surface area contributed by atoms with E-state index < -0.39 is 29.4 Å². The van der Waals surface area contributed by atoms with E-state index in [0.29, 0.717) is 12.8 Å². The molecule has 1 unspecified atom stereocenters. The highest BCUT2D eigenvalue weighted by Gasteiger charge is 2.51. The van der Waals surface area contributed by atoms with Gasteiger partial charge in [0.05, 0.1) is 18.2 Å². The van der Waals surface area contributed by atoms with E-state index in [2.05, 4.69) is 5.32 Å². The Morgan fingerprint density at radius 2 is 1.65 bits per heavy atom. The molecule has 3 rings (SSSR count). The number of β-amino-alcohol motifs (C(OH)–C–C–N with tert-alkyl or cyclic N) is 1. The quantitative estimate of drug-likeness (QED) is 0.802. The molecule has 1 aromatic carbocycles. The average molecular weight is 370 g/mol. The lowest BCUT2D eigenvalue weighted by Crippen LogP contribution is -2.46. The van der Waals surface area contributed by atoms with Crippen LogP contribution in [0.4, 0.5) is 18.0 Å². The molecule has 1 atom stereocenters. The van der Waals surface area contributed by atoms with Gasteiger partial charge in [-0.2, -0.15) is 13.2 Å². The first kappa shape index (κ1) is 18.7. The topological polar surface area (TPSA) is 69.6 Å². The molecular formula is C18H21F3N2O3. The highest BCUT2D eigenvalue weighted by atomic mass is 19.4. The van der Waals surface area contributed by atoms with Gasteiger partial charge in [-0.3, -0.25) is 9.69 Å². The maximum atomic E-state index is 12.8. The fourth-order valence-corrected chi connectivity index (χ4v) is 3.69. The molecule has 2 fully saturated rings. The molecule has 1 heterocycles. The van der Waals surface area contributed by atoms with Crippen LogP contribution in [-0.4, -0.2) is 34.0 Å². The standard InChI is InChI=1S/C18H21F3N2O3/c19-18(20,21)13-7-5-12(6-8-13)14(24)11-23-15(25)17(22-16(23)26)9-3-1-2-4-10-17/h5-8,14,24H,1-4,9-11H2,(H,22,26). The Hall–Kier alpha value is -2.09. The number of nitrogens with one attached hydrogen (secondary N) is 1. The zero-order chi connectivity index (χ0) is 18.9. The van der Waals surface area contributed by atoms with Gasteiger partial charge in [0.25, 0.3) is 5.91 Å². The summed E-state index contributed by atoms with van der Waals surface area (Å²) in [4.78, 5) is 26.0. The van der Waals surface area contributed by atoms with Crippen molar-refractivity contribution in [2.75, 3.05) is 6.54 Å². The number of aliphatic hydroxyl groups excluding tert-OH is 1. The van der Waals surface area contributed by atoms with Gasteiger partial charge in [0.2, 0.25) is 0 Å². The molecule has 5 nitrogen and oxygen atoms in total. The molecule has 0 radical (unpaired) electrons. The summed E-state index contributed by atoms with van der Waals surface area (Å²) in [6.07, 6.45) is -0.830. The molecule has 142 valence electrons. The zero-order valence-electron chi connectivity index (χ0n) is 14.2. The monoisotopic (exact) mass is 370 g/mol. The minimum absolute atomic E-state index is 0.223. The van der Waals surface area contributed by atoms with Gasteiger partial charge in [-0.05, 0) is 30.5 Å². The van der Waals surface area contributed by atoms with Gasteiger partial charge in [0, 0.05) is 0 Å². The second-order valence-corrected chi connectivity index (χ2v) is 6.98. The van der Waals surface area contributed by atoms with Crippen molar-refractivity contribution in [3.63, 3.8) is 0 Å². The van der Waals surface area contributed by atoms with Crippen molar-refractivity contribution in [1.82, 2.24) is 10.2 Å². The van der Waals surface area contributed by atoms with E-state index in [4.69, 9.17) is 0 Å². The first-order chi connectivity index (χ1) is 12.2. The van der Waals surface area contributed by atoms with E-state index in [1.165, 1.54) is 0 Å². The second kappa shape index (κ2) is 6.90. The SMILES string of the molecule is O=C1NC2(CCCCCC2)C(=O)N1CC(O)c1ccc(C(F)(F)F)cc1. The molecule has 0 bridgehead atoms. The number of rotatable bonds is 3. The number of benzene rings is 1. The van der Waals surface area contributed by atoms with E-state index in [1.807, 2.05) is 0 Å². The van der Waals surface area contributed by atoms with Crippen molar-refractivity contribution in [3.8, 4) is 0 Å². The van der Waals surface area contributed by atoms with Crippen LogP contribution in [0.3, 0.4) is 0 Å². The number of halogens is 3. The molecule has 3 amide bonds. The zero-order valence-corrected chi connectivity index (χ0v) is 14.2. The van der Waals surface area contributed by atoms with Crippen molar-refractivity contribution in [2.24, 2.45) is 0 Å². The van der Waals surface area contributed by atoms with Crippen LogP contribution in [0.2, 0.25) is 0 Å². The van der Waals surface area contributed by atoms with Gasteiger partial charge in [0.15, 0.2) is 0 Å². The van der Waals surface area contributed by atoms with Crippen LogP contribution in [0.25, 0.3) is 0 Å². The Morgan fingerprint density at radius 3 is 2.19 bits per heavy atom. The molecule has 26 heavy (non-hydrogen) atoms. The van der Waals surface area contributed by atoms with E-state index in [0.717, 1.165) is 54.8 Å². The summed E-state index contributed by atoms with van der Waals surface area (Å²) < 4.78 is 37.9. The molecule has 2 N–H and O–H groups in total. The van der Waals surface area contributed by atoms with Gasteiger partial charge in [0.1, 0.15) is 5.54 Å². The van der Waals surface area contributed by atoms with Crippen LogP contribution in [0.1, 0.15) is 55.8 Å². The number of hydrogen-bond acceptors (Lipinski definition) is 3. The molecule has 8 heteroatoms. The number of carbonyl (C=O) groups excluding carboxylic acids is 2. The Balaban J connectivity index is 1.71. The van der Waals surface area contributed by atoms with Gasteiger partial charge >= 0.3 is 12.2 Å². The van der Waals surface area contributed by atoms with E-state index >= 15 is 0 Å². The largest absolute Gasteiger partial charge is 0.416 e. The predicted molar refractivity (Wildman–Crippen MR) is 87.1 cm³/mol. The van der Waals surface area contributed by atoms with E-state index in [1.54, 1.807) is 0 Å². The lowest BCUT2D eigenvalue weighted by Gasteiger charge is -2.25. The Kier molecular flexibility index (Phi) is 4.96. The van der Waals surface area contributed by atoms with Crippen molar-refractivity contribution < 1.29 is 27.9 Å². The Morgan fingerprint density at radius 1 is 1.08 bits per heavy atom. The third-order valence-corrected chi connectivity index (χ3v) is 5.18. The number of hydrogen-bond donors (Lipinski definition) is 2. The molecule has 1 aliphatic carbocycles. The number of urea groups is 1. The Labute approximate surface area is 149 Å². The van der Waals surface area contributed by atoms with Crippen LogP contribution in [0, 0.1) is 0 Å². The fourth-order valence-electron chi connectivity index (χ4n) is 3.69. The van der Waals surface area contributed by atoms with E-state index in [9.17, 15) is 27.9 Å². The van der Waals surface area contributed by atoms with E-state index in [-0.39, 0.29) is 18.0 Å². The van der Waals surface area contributed by atoms with Crippen LogP contribution in [-0.2, 0) is 11.0 Å². The fraction of sp³-hybridized carbons (Fsp3) is 0.556. The van der Waals surface area contributed by atoms with Gasteiger partial charge < -0.3 is 10.4 Å². The normalized spacial score (nSPS) is 21.6. The van der Waals surface area contributed by atoms with Crippen LogP contribution < -0.4 is 5.32 Å². The van der Waals surface area contributed by atoms with Gasteiger partial charge in [-0.1, -0.05) is 37.8 Å². The van der Waals surface area contributed by atoms with Crippen LogP contribution in [0.15, 0.2) is 24.3 Å². The summed E-state index contributed by atoms with van der Waals surface area (Å²) in [6.45, 7) is -0.280. The van der Waals surface area contributed by atoms with Crippen molar-refractivity contribution in [3.05, 3.63) is 35.4 Å². The molecular weight excluding hydrogens is 349 g/mol. The molecule has 1 aromatic rings. The number of alkyl halides is 3. The lowest BCUT2D eigenvalue weighted by molar-refractivity contribution is -0.137. The summed E-state index contributed by atoms with van der Waals surface area (Å²) in [5, 5.41) is 13.1. The average Bonchev–Trinajstić information content (AvgIpc) is 2.75. The van der Waals surface area contributed by atoms with Crippen LogP contribution >= 0.6 is 0 Å². The molecule has 0 aromatic heterocycles. The van der Waals surface area contributed by atoms with Crippen molar-refractivity contribution in [2.45, 2.75) is 56.3 Å². The maximum Gasteiger partial charge on any atom is 0.416 e. The Bertz CT molecular complexity index is 680. The van der Waals surface area contributed by atoms with Gasteiger partial charge in [-0.15, -0.1) is 0 Å². The number of amides is 3. The molecule has 1 saturated heterocycles. The minimum atomic E-state index is -4.46. The van der Waals surface area contributed by atoms with Crippen LogP contribution in [0.5, 0.6) is 0 Å². The maximum absolute atomic E-state index is 12.8. The molecule has 1 spiro atoms. The third-order valence-electron chi connectivity index (χ3n) is 5.18. The summed E-state index contributed by atoms with van der Waals surface area (Å²) in [5.74, 6) is -0.352. The van der Waals surface area contributed by atoms with Crippen molar-refractivity contribution >= 4 is 11.9 Å².